The average Bonchev–Trinajstić information content (AvgIpc) is 3.18. The van der Waals surface area contributed by atoms with Crippen LogP contribution < -0.4 is 5.32 Å². The van der Waals surface area contributed by atoms with Gasteiger partial charge in [0.1, 0.15) is 5.82 Å². The largest absolute Gasteiger partial charge is 0.380 e. The van der Waals surface area contributed by atoms with Gasteiger partial charge in [-0.1, -0.05) is 41.9 Å². The fraction of sp³-hybridized carbons (Fsp3) is 0.192. The van der Waals surface area contributed by atoms with Crippen LogP contribution in [-0.2, 0) is 11.2 Å². The summed E-state index contributed by atoms with van der Waals surface area (Å²) in [4.78, 5) is 13.6. The smallest absolute Gasteiger partial charge is 0.251 e. The van der Waals surface area contributed by atoms with Crippen LogP contribution in [0.5, 0.6) is 0 Å². The summed E-state index contributed by atoms with van der Waals surface area (Å²) in [5.74, 6) is -0.445. The molecule has 0 spiro atoms. The molecule has 0 aliphatic carbocycles. The molecule has 0 aliphatic heterocycles. The number of hydrogen-bond donors (Lipinski definition) is 1. The van der Waals surface area contributed by atoms with Crippen molar-refractivity contribution in [3.05, 3.63) is 93.6 Å². The zero-order chi connectivity index (χ0) is 22.5. The third-order valence-electron chi connectivity index (χ3n) is 5.07. The Hall–Kier alpha value is -2.73. The SMILES string of the molecule is CCOCCNC(=O)c1cccc(-c2cccc3cc(Cc4cc(F)cc(Cl)c4)sc23)c1. The van der Waals surface area contributed by atoms with Crippen LogP contribution in [0.1, 0.15) is 27.7 Å². The molecule has 4 aromatic rings. The molecule has 0 fully saturated rings. The van der Waals surface area contributed by atoms with Crippen LogP contribution in [0, 0.1) is 5.82 Å². The minimum atomic E-state index is -0.328. The predicted molar refractivity (Wildman–Crippen MR) is 130 cm³/mol. The molecule has 1 N–H and O–H groups in total. The molecule has 1 heterocycles. The average molecular weight is 468 g/mol. The molecule has 4 rings (SSSR count). The molecule has 0 bridgehead atoms. The first-order chi connectivity index (χ1) is 15.5. The van der Waals surface area contributed by atoms with Gasteiger partial charge in [0.15, 0.2) is 0 Å². The summed E-state index contributed by atoms with van der Waals surface area (Å²) in [7, 11) is 0. The monoisotopic (exact) mass is 467 g/mol. The van der Waals surface area contributed by atoms with Crippen LogP contribution in [0.2, 0.25) is 5.02 Å². The van der Waals surface area contributed by atoms with Crippen molar-refractivity contribution < 1.29 is 13.9 Å². The van der Waals surface area contributed by atoms with Gasteiger partial charge in [-0.05, 0) is 65.4 Å². The molecule has 1 amide bonds. The number of thiophene rings is 1. The van der Waals surface area contributed by atoms with E-state index in [1.807, 2.05) is 37.3 Å². The minimum Gasteiger partial charge on any atom is -0.380 e. The lowest BCUT2D eigenvalue weighted by Crippen LogP contribution is -2.27. The summed E-state index contributed by atoms with van der Waals surface area (Å²) in [6, 6.07) is 20.5. The molecule has 0 saturated heterocycles. The molecule has 3 aromatic carbocycles. The van der Waals surface area contributed by atoms with E-state index in [-0.39, 0.29) is 11.7 Å². The Morgan fingerprint density at radius 2 is 1.94 bits per heavy atom. The summed E-state index contributed by atoms with van der Waals surface area (Å²) in [6.07, 6.45) is 0.610. The molecule has 0 aliphatic rings. The van der Waals surface area contributed by atoms with Crippen LogP contribution in [0.15, 0.2) is 66.7 Å². The van der Waals surface area contributed by atoms with E-state index in [4.69, 9.17) is 16.3 Å². The summed E-state index contributed by atoms with van der Waals surface area (Å²) < 4.78 is 20.1. The van der Waals surface area contributed by atoms with Gasteiger partial charge < -0.3 is 10.1 Å². The van der Waals surface area contributed by atoms with Crippen molar-refractivity contribution in [3.8, 4) is 11.1 Å². The van der Waals surface area contributed by atoms with Crippen molar-refractivity contribution in [3.63, 3.8) is 0 Å². The first kappa shape index (κ1) is 22.5. The predicted octanol–water partition coefficient (Wildman–Crippen LogP) is 6.72. The van der Waals surface area contributed by atoms with Gasteiger partial charge in [-0.3, -0.25) is 4.79 Å². The number of fused-ring (bicyclic) bond motifs is 1. The Labute approximate surface area is 195 Å². The second kappa shape index (κ2) is 10.3. The second-order valence-electron chi connectivity index (χ2n) is 7.42. The zero-order valence-corrected chi connectivity index (χ0v) is 19.2. The van der Waals surface area contributed by atoms with Crippen LogP contribution in [0.25, 0.3) is 21.2 Å². The van der Waals surface area contributed by atoms with Gasteiger partial charge in [0.2, 0.25) is 0 Å². The van der Waals surface area contributed by atoms with E-state index in [1.54, 1.807) is 17.4 Å². The third kappa shape index (κ3) is 5.36. The van der Waals surface area contributed by atoms with Gasteiger partial charge >= 0.3 is 0 Å². The molecule has 1 aromatic heterocycles. The molecule has 6 heteroatoms. The molecular formula is C26H23ClFNO2S. The quantitative estimate of drug-likeness (QED) is 0.292. The van der Waals surface area contributed by atoms with Gasteiger partial charge in [-0.15, -0.1) is 11.3 Å². The van der Waals surface area contributed by atoms with Gasteiger partial charge in [0.05, 0.1) is 6.61 Å². The van der Waals surface area contributed by atoms with Crippen molar-refractivity contribution in [2.75, 3.05) is 19.8 Å². The van der Waals surface area contributed by atoms with E-state index in [2.05, 4.69) is 23.5 Å². The second-order valence-corrected chi connectivity index (χ2v) is 9.00. The first-order valence-electron chi connectivity index (χ1n) is 10.5. The van der Waals surface area contributed by atoms with Gasteiger partial charge in [0.25, 0.3) is 5.91 Å². The number of ether oxygens (including phenoxy) is 1. The van der Waals surface area contributed by atoms with Crippen LogP contribution >= 0.6 is 22.9 Å². The van der Waals surface area contributed by atoms with E-state index in [0.717, 1.165) is 31.7 Å². The zero-order valence-electron chi connectivity index (χ0n) is 17.7. The fourth-order valence-electron chi connectivity index (χ4n) is 3.66. The maximum Gasteiger partial charge on any atom is 0.251 e. The molecule has 0 atom stereocenters. The molecule has 164 valence electrons. The lowest BCUT2D eigenvalue weighted by Gasteiger charge is -2.08. The van der Waals surface area contributed by atoms with Crippen molar-refractivity contribution in [2.45, 2.75) is 13.3 Å². The Morgan fingerprint density at radius 3 is 2.75 bits per heavy atom. The fourth-order valence-corrected chi connectivity index (χ4v) is 5.13. The number of hydrogen-bond acceptors (Lipinski definition) is 3. The molecular weight excluding hydrogens is 445 g/mol. The maximum absolute atomic E-state index is 13.7. The number of halogens is 2. The van der Waals surface area contributed by atoms with Crippen molar-refractivity contribution >= 4 is 38.9 Å². The summed E-state index contributed by atoms with van der Waals surface area (Å²) in [5, 5.41) is 4.41. The molecule has 32 heavy (non-hydrogen) atoms. The summed E-state index contributed by atoms with van der Waals surface area (Å²) in [5.41, 5.74) is 3.51. The lowest BCUT2D eigenvalue weighted by atomic mass is 10.0. The van der Waals surface area contributed by atoms with Crippen LogP contribution in [0.4, 0.5) is 4.39 Å². The maximum atomic E-state index is 13.7. The highest BCUT2D eigenvalue weighted by atomic mass is 35.5. The molecule has 0 unspecified atom stereocenters. The van der Waals surface area contributed by atoms with Crippen LogP contribution in [-0.4, -0.2) is 25.7 Å². The Morgan fingerprint density at radius 1 is 1.09 bits per heavy atom. The summed E-state index contributed by atoms with van der Waals surface area (Å²) in [6.45, 7) is 3.53. The van der Waals surface area contributed by atoms with Crippen LogP contribution in [0.3, 0.4) is 0 Å². The van der Waals surface area contributed by atoms with E-state index in [1.165, 1.54) is 12.1 Å². The van der Waals surface area contributed by atoms with Crippen molar-refractivity contribution in [1.29, 1.82) is 0 Å². The van der Waals surface area contributed by atoms with Crippen molar-refractivity contribution in [2.24, 2.45) is 0 Å². The molecule has 0 radical (unpaired) electrons. The number of nitrogens with one attached hydrogen (secondary N) is 1. The molecule has 3 nitrogen and oxygen atoms in total. The Balaban J connectivity index is 1.60. The number of amides is 1. The highest BCUT2D eigenvalue weighted by molar-refractivity contribution is 7.19. The normalized spacial score (nSPS) is 11.1. The Kier molecular flexibility index (Phi) is 7.20. The summed E-state index contributed by atoms with van der Waals surface area (Å²) >= 11 is 7.69. The number of carbonyl (C=O) groups excluding carboxylic acids is 1. The van der Waals surface area contributed by atoms with E-state index in [9.17, 15) is 9.18 Å². The number of carbonyl (C=O) groups is 1. The first-order valence-corrected chi connectivity index (χ1v) is 11.7. The minimum absolute atomic E-state index is 0.117. The van der Waals surface area contributed by atoms with Gasteiger partial charge in [0, 0.05) is 39.7 Å². The third-order valence-corrected chi connectivity index (χ3v) is 6.47. The standard InChI is InChI=1S/C26H23ClFNO2S/c1-2-31-10-9-29-26(30)20-7-3-5-18(14-20)24-8-4-6-19-15-23(32-25(19)24)13-17-11-21(27)16-22(28)12-17/h3-8,11-12,14-16H,2,9-10,13H2,1H3,(H,29,30). The van der Waals surface area contributed by atoms with Gasteiger partial charge in [-0.2, -0.15) is 0 Å². The van der Waals surface area contributed by atoms with E-state index < -0.39 is 0 Å². The lowest BCUT2D eigenvalue weighted by molar-refractivity contribution is 0.0922. The topological polar surface area (TPSA) is 38.3 Å². The number of benzene rings is 3. The Bertz CT molecular complexity index is 1230. The number of rotatable bonds is 8. The highest BCUT2D eigenvalue weighted by Crippen LogP contribution is 2.36. The van der Waals surface area contributed by atoms with E-state index >= 15 is 0 Å². The molecule has 0 saturated carbocycles. The van der Waals surface area contributed by atoms with Gasteiger partial charge in [-0.25, -0.2) is 4.39 Å². The van der Waals surface area contributed by atoms with E-state index in [0.29, 0.717) is 36.8 Å². The van der Waals surface area contributed by atoms with Crippen molar-refractivity contribution in [1.82, 2.24) is 5.32 Å². The highest BCUT2D eigenvalue weighted by Gasteiger charge is 2.12.